The van der Waals surface area contributed by atoms with Crippen LogP contribution in [0.5, 0.6) is 0 Å². The van der Waals surface area contributed by atoms with Gasteiger partial charge < -0.3 is 15.7 Å². The number of carbonyl (C=O) groups excluding carboxylic acids is 1. The van der Waals surface area contributed by atoms with E-state index in [-0.39, 0.29) is 17.1 Å². The molecule has 0 fully saturated rings. The van der Waals surface area contributed by atoms with Gasteiger partial charge in [-0.3, -0.25) is 0 Å². The topological polar surface area (TPSA) is 78.4 Å². The minimum absolute atomic E-state index is 0.0315. The second kappa shape index (κ2) is 6.61. The van der Waals surface area contributed by atoms with Crippen LogP contribution in [0.3, 0.4) is 0 Å². The van der Waals surface area contributed by atoms with Crippen LogP contribution in [0.25, 0.3) is 0 Å². The maximum atomic E-state index is 13.0. The number of amides is 2. The molecule has 0 spiro atoms. The van der Waals surface area contributed by atoms with Crippen LogP contribution < -0.4 is 10.6 Å². The van der Waals surface area contributed by atoms with E-state index in [9.17, 15) is 14.0 Å². The zero-order valence-corrected chi connectivity index (χ0v) is 10.4. The second-order valence-electron chi connectivity index (χ2n) is 3.52. The summed E-state index contributed by atoms with van der Waals surface area (Å²) < 4.78 is 13.0. The molecule has 0 aliphatic carbocycles. The lowest BCUT2D eigenvalue weighted by Crippen LogP contribution is -2.42. The Hall–Kier alpha value is -2.26. The van der Waals surface area contributed by atoms with Crippen molar-refractivity contribution in [2.45, 2.75) is 12.5 Å². The van der Waals surface area contributed by atoms with Crippen LogP contribution >= 0.6 is 11.6 Å². The van der Waals surface area contributed by atoms with Gasteiger partial charge in [0.2, 0.25) is 0 Å². The number of carbonyl (C=O) groups is 2. The van der Waals surface area contributed by atoms with Gasteiger partial charge in [-0.2, -0.15) is 0 Å². The molecule has 2 amide bonds. The monoisotopic (exact) mass is 284 g/mol. The number of anilines is 1. The molecule has 7 heteroatoms. The average molecular weight is 285 g/mol. The van der Waals surface area contributed by atoms with Gasteiger partial charge in [0.25, 0.3) is 0 Å². The zero-order valence-electron chi connectivity index (χ0n) is 9.61. The van der Waals surface area contributed by atoms with Crippen LogP contribution in [0.15, 0.2) is 18.2 Å². The van der Waals surface area contributed by atoms with E-state index in [2.05, 4.69) is 16.6 Å². The Morgan fingerprint density at radius 2 is 2.21 bits per heavy atom. The van der Waals surface area contributed by atoms with E-state index in [0.717, 1.165) is 12.1 Å². The fourth-order valence-corrected chi connectivity index (χ4v) is 1.39. The lowest BCUT2D eigenvalue weighted by molar-refractivity contribution is -0.139. The summed E-state index contributed by atoms with van der Waals surface area (Å²) >= 11 is 5.74. The van der Waals surface area contributed by atoms with Crippen LogP contribution in [0, 0.1) is 18.2 Å². The first kappa shape index (κ1) is 14.8. The van der Waals surface area contributed by atoms with Gasteiger partial charge in [0.15, 0.2) is 0 Å². The molecule has 0 radical (unpaired) electrons. The van der Waals surface area contributed by atoms with E-state index in [4.69, 9.17) is 23.1 Å². The molecule has 0 heterocycles. The Morgan fingerprint density at radius 1 is 1.53 bits per heavy atom. The SMILES string of the molecule is C#CCC(NC(=O)Nc1cc(F)ccc1Cl)C(=O)O. The van der Waals surface area contributed by atoms with Crippen molar-refractivity contribution in [1.29, 1.82) is 0 Å². The number of benzene rings is 1. The van der Waals surface area contributed by atoms with Crippen LogP contribution in [0.2, 0.25) is 5.02 Å². The second-order valence-corrected chi connectivity index (χ2v) is 3.93. The summed E-state index contributed by atoms with van der Waals surface area (Å²) in [6, 6.07) is 1.35. The molecule has 3 N–H and O–H groups in total. The van der Waals surface area contributed by atoms with Crippen molar-refractivity contribution in [2.24, 2.45) is 0 Å². The molecule has 1 aromatic carbocycles. The molecule has 0 aliphatic heterocycles. The lowest BCUT2D eigenvalue weighted by Gasteiger charge is -2.13. The van der Waals surface area contributed by atoms with Crippen molar-refractivity contribution in [3.05, 3.63) is 29.0 Å². The highest BCUT2D eigenvalue weighted by molar-refractivity contribution is 6.33. The van der Waals surface area contributed by atoms with E-state index in [0.29, 0.717) is 0 Å². The summed E-state index contributed by atoms with van der Waals surface area (Å²) in [5.74, 6) is 0.279. The van der Waals surface area contributed by atoms with Gasteiger partial charge in [0.05, 0.1) is 10.7 Å². The summed E-state index contributed by atoms with van der Waals surface area (Å²) in [4.78, 5) is 22.3. The summed E-state index contributed by atoms with van der Waals surface area (Å²) in [5.41, 5.74) is 0.0315. The molecule has 1 atom stereocenters. The van der Waals surface area contributed by atoms with E-state index in [1.54, 1.807) is 0 Å². The van der Waals surface area contributed by atoms with E-state index in [1.165, 1.54) is 6.07 Å². The third-order valence-corrected chi connectivity index (χ3v) is 2.43. The summed E-state index contributed by atoms with van der Waals surface area (Å²) in [6.45, 7) is 0. The summed E-state index contributed by atoms with van der Waals surface area (Å²) in [7, 11) is 0. The molecule has 0 saturated heterocycles. The van der Waals surface area contributed by atoms with Gasteiger partial charge in [-0.25, -0.2) is 14.0 Å². The quantitative estimate of drug-likeness (QED) is 0.741. The minimum Gasteiger partial charge on any atom is -0.480 e. The number of halogens is 2. The first-order valence-electron chi connectivity index (χ1n) is 5.13. The molecule has 0 saturated carbocycles. The predicted molar refractivity (Wildman–Crippen MR) is 68.4 cm³/mol. The third-order valence-electron chi connectivity index (χ3n) is 2.10. The number of carboxylic acid groups (broad SMARTS) is 1. The van der Waals surface area contributed by atoms with Gasteiger partial charge in [-0.15, -0.1) is 12.3 Å². The first-order chi connectivity index (χ1) is 8.93. The van der Waals surface area contributed by atoms with Crippen molar-refractivity contribution in [2.75, 3.05) is 5.32 Å². The number of urea groups is 1. The van der Waals surface area contributed by atoms with Crippen molar-refractivity contribution in [3.8, 4) is 12.3 Å². The van der Waals surface area contributed by atoms with Gasteiger partial charge in [-0.1, -0.05) is 11.6 Å². The molecule has 1 rings (SSSR count). The smallest absolute Gasteiger partial charge is 0.327 e. The number of terminal acetylenes is 1. The predicted octanol–water partition coefficient (Wildman–Crippen LogP) is 2.08. The minimum atomic E-state index is -1.27. The maximum Gasteiger partial charge on any atom is 0.327 e. The van der Waals surface area contributed by atoms with Crippen LogP contribution in [0.1, 0.15) is 6.42 Å². The molecule has 0 aliphatic rings. The number of nitrogens with one attached hydrogen (secondary N) is 2. The van der Waals surface area contributed by atoms with Crippen LogP contribution in [-0.4, -0.2) is 23.1 Å². The molecular weight excluding hydrogens is 275 g/mol. The Morgan fingerprint density at radius 3 is 2.79 bits per heavy atom. The number of hydrogen-bond acceptors (Lipinski definition) is 2. The van der Waals surface area contributed by atoms with Crippen molar-refractivity contribution >= 4 is 29.3 Å². The van der Waals surface area contributed by atoms with Gasteiger partial charge in [0, 0.05) is 6.42 Å². The van der Waals surface area contributed by atoms with Crippen molar-refractivity contribution in [3.63, 3.8) is 0 Å². The highest BCUT2D eigenvalue weighted by Crippen LogP contribution is 2.22. The molecule has 1 unspecified atom stereocenters. The molecule has 100 valence electrons. The number of aliphatic carboxylic acids is 1. The average Bonchev–Trinajstić information content (AvgIpc) is 2.33. The molecule has 5 nitrogen and oxygen atoms in total. The number of carboxylic acids is 1. The molecule has 19 heavy (non-hydrogen) atoms. The molecule has 0 bridgehead atoms. The molecule has 0 aromatic heterocycles. The maximum absolute atomic E-state index is 13.0. The van der Waals surface area contributed by atoms with Crippen LogP contribution in [0.4, 0.5) is 14.9 Å². The Labute approximate surface area is 113 Å². The van der Waals surface area contributed by atoms with Gasteiger partial charge in [0.1, 0.15) is 11.9 Å². The fourth-order valence-electron chi connectivity index (χ4n) is 1.23. The van der Waals surface area contributed by atoms with Crippen LogP contribution in [-0.2, 0) is 4.79 Å². The fraction of sp³-hybridized carbons (Fsp3) is 0.167. The van der Waals surface area contributed by atoms with E-state index >= 15 is 0 Å². The Bertz CT molecular complexity index is 542. The largest absolute Gasteiger partial charge is 0.480 e. The number of hydrogen-bond donors (Lipinski definition) is 3. The Kier molecular flexibility index (Phi) is 5.15. The molecule has 1 aromatic rings. The number of rotatable bonds is 4. The van der Waals surface area contributed by atoms with Crippen molar-refractivity contribution in [1.82, 2.24) is 5.32 Å². The van der Waals surface area contributed by atoms with E-state index < -0.39 is 23.9 Å². The highest BCUT2D eigenvalue weighted by atomic mass is 35.5. The third kappa shape index (κ3) is 4.48. The zero-order chi connectivity index (χ0) is 14.4. The Balaban J connectivity index is 2.72. The normalized spacial score (nSPS) is 11.2. The standard InChI is InChI=1S/C12H10ClFN2O3/c1-2-3-9(11(17)18)15-12(19)16-10-6-7(14)4-5-8(10)13/h1,4-6,9H,3H2,(H,17,18)(H2,15,16,19). The molecular formula is C12H10ClFN2O3. The van der Waals surface area contributed by atoms with Crippen molar-refractivity contribution < 1.29 is 19.1 Å². The van der Waals surface area contributed by atoms with E-state index in [1.807, 2.05) is 0 Å². The highest BCUT2D eigenvalue weighted by Gasteiger charge is 2.19. The van der Waals surface area contributed by atoms with Gasteiger partial charge >= 0.3 is 12.0 Å². The van der Waals surface area contributed by atoms with Gasteiger partial charge in [-0.05, 0) is 18.2 Å². The summed E-state index contributed by atoms with van der Waals surface area (Å²) in [5, 5.41) is 13.3. The lowest BCUT2D eigenvalue weighted by atomic mass is 10.2. The first-order valence-corrected chi connectivity index (χ1v) is 5.50. The summed E-state index contributed by atoms with van der Waals surface area (Å²) in [6.07, 6.45) is 4.82.